The molecule has 1 saturated heterocycles. The zero-order chi connectivity index (χ0) is 18.1. The Balaban J connectivity index is 1.24. The summed E-state index contributed by atoms with van der Waals surface area (Å²) in [5, 5.41) is 3.87. The summed E-state index contributed by atoms with van der Waals surface area (Å²) in [6.07, 6.45) is 26.4. The number of nitrogens with one attached hydrogen (secondary N) is 1. The molecule has 8 unspecified atom stereocenters. The summed E-state index contributed by atoms with van der Waals surface area (Å²) in [5.41, 5.74) is 0. The quantitative estimate of drug-likeness (QED) is 0.563. The third-order valence-electron chi connectivity index (χ3n) is 10.0. The van der Waals surface area contributed by atoms with E-state index < -0.39 is 0 Å². The van der Waals surface area contributed by atoms with Crippen molar-refractivity contribution in [2.45, 2.75) is 115 Å². The predicted molar refractivity (Wildman–Crippen MR) is 115 cm³/mol. The van der Waals surface area contributed by atoms with Crippen LogP contribution in [0.4, 0.5) is 0 Å². The van der Waals surface area contributed by atoms with Gasteiger partial charge in [-0.3, -0.25) is 0 Å². The second kappa shape index (κ2) is 8.76. The van der Waals surface area contributed by atoms with Crippen molar-refractivity contribution in [2.24, 2.45) is 41.4 Å². The fraction of sp³-hybridized carbons (Fsp3) is 1.00. The summed E-state index contributed by atoms with van der Waals surface area (Å²) in [4.78, 5) is 0. The van der Waals surface area contributed by atoms with Crippen molar-refractivity contribution in [3.63, 3.8) is 0 Å². The van der Waals surface area contributed by atoms with Crippen LogP contribution in [0.25, 0.3) is 0 Å². The van der Waals surface area contributed by atoms with E-state index in [4.69, 9.17) is 0 Å². The minimum Gasteiger partial charge on any atom is -0.314 e. The van der Waals surface area contributed by atoms with Crippen molar-refractivity contribution in [1.82, 2.24) is 5.32 Å². The number of piperidine rings is 1. The van der Waals surface area contributed by atoms with E-state index in [0.717, 1.165) is 47.5 Å². The second-order valence-electron chi connectivity index (χ2n) is 11.4. The van der Waals surface area contributed by atoms with Crippen molar-refractivity contribution >= 4 is 0 Å². The number of hydrogen-bond donors (Lipinski definition) is 1. The van der Waals surface area contributed by atoms with Gasteiger partial charge in [0.2, 0.25) is 0 Å². The standard InChI is InChI=1S/C26H45N/c1-2-12-24-19(8-1)9-7-10-20(24)16-21-17-22(18-23-11-5-6-15-27-23)26-14-4-3-13-25(21)26/h19-27H,1-18H2. The lowest BCUT2D eigenvalue weighted by atomic mass is 9.62. The fourth-order valence-electron chi connectivity index (χ4n) is 8.88. The molecule has 1 N–H and O–H groups in total. The molecule has 0 spiro atoms. The lowest BCUT2D eigenvalue weighted by Gasteiger charge is -2.43. The predicted octanol–water partition coefficient (Wildman–Crippen LogP) is 6.96. The highest BCUT2D eigenvalue weighted by Crippen LogP contribution is 2.55. The molecule has 154 valence electrons. The van der Waals surface area contributed by atoms with E-state index in [1.165, 1.54) is 38.6 Å². The van der Waals surface area contributed by atoms with Gasteiger partial charge in [0.25, 0.3) is 0 Å². The molecule has 5 fully saturated rings. The van der Waals surface area contributed by atoms with Crippen molar-refractivity contribution in [3.05, 3.63) is 0 Å². The van der Waals surface area contributed by atoms with Crippen LogP contribution in [0, 0.1) is 41.4 Å². The van der Waals surface area contributed by atoms with E-state index >= 15 is 0 Å². The van der Waals surface area contributed by atoms with Crippen LogP contribution in [0.5, 0.6) is 0 Å². The molecule has 0 aromatic heterocycles. The summed E-state index contributed by atoms with van der Waals surface area (Å²) in [6.45, 7) is 1.29. The zero-order valence-corrected chi connectivity index (χ0v) is 17.8. The van der Waals surface area contributed by atoms with E-state index in [1.807, 2.05) is 0 Å². The fourth-order valence-corrected chi connectivity index (χ4v) is 8.88. The van der Waals surface area contributed by atoms with Gasteiger partial charge in [-0.1, -0.05) is 57.8 Å². The molecule has 0 radical (unpaired) electrons. The summed E-state index contributed by atoms with van der Waals surface area (Å²) >= 11 is 0. The Morgan fingerprint density at radius 2 is 1.19 bits per heavy atom. The molecule has 1 heteroatoms. The SMILES string of the molecule is C1CCC(CC2CC(CC3CCCC4CCCCC43)C3CCCCC23)NC1. The smallest absolute Gasteiger partial charge is 0.00698 e. The molecule has 4 aliphatic carbocycles. The molecule has 1 aliphatic heterocycles. The Labute approximate surface area is 168 Å². The first kappa shape index (κ1) is 19.0. The van der Waals surface area contributed by atoms with Gasteiger partial charge < -0.3 is 5.32 Å². The van der Waals surface area contributed by atoms with Crippen LogP contribution in [0.1, 0.15) is 109 Å². The highest BCUT2D eigenvalue weighted by Gasteiger charge is 2.46. The second-order valence-corrected chi connectivity index (χ2v) is 11.4. The monoisotopic (exact) mass is 371 g/mol. The van der Waals surface area contributed by atoms with Crippen LogP contribution in [-0.2, 0) is 0 Å². The van der Waals surface area contributed by atoms with Gasteiger partial charge in [0.1, 0.15) is 0 Å². The average molecular weight is 372 g/mol. The molecule has 0 amide bonds. The van der Waals surface area contributed by atoms with Gasteiger partial charge in [-0.25, -0.2) is 0 Å². The van der Waals surface area contributed by atoms with E-state index in [2.05, 4.69) is 5.32 Å². The molecular formula is C26H45N. The minimum atomic E-state index is 0.863. The third-order valence-corrected chi connectivity index (χ3v) is 10.0. The van der Waals surface area contributed by atoms with E-state index in [-0.39, 0.29) is 0 Å². The minimum absolute atomic E-state index is 0.863. The summed E-state index contributed by atoms with van der Waals surface area (Å²) in [7, 11) is 0. The van der Waals surface area contributed by atoms with E-state index in [0.29, 0.717) is 0 Å². The van der Waals surface area contributed by atoms with Gasteiger partial charge in [0, 0.05) is 6.04 Å². The first-order valence-electron chi connectivity index (χ1n) is 13.1. The molecule has 5 aliphatic rings. The van der Waals surface area contributed by atoms with Crippen molar-refractivity contribution in [1.29, 1.82) is 0 Å². The molecular weight excluding hydrogens is 326 g/mol. The Bertz CT molecular complexity index is 465. The highest BCUT2D eigenvalue weighted by molar-refractivity contribution is 4.97. The van der Waals surface area contributed by atoms with Gasteiger partial charge in [0.15, 0.2) is 0 Å². The first-order chi connectivity index (χ1) is 13.4. The van der Waals surface area contributed by atoms with E-state index in [1.54, 1.807) is 77.0 Å². The Morgan fingerprint density at radius 1 is 0.519 bits per heavy atom. The normalized spacial score (nSPS) is 48.0. The molecule has 0 bridgehead atoms. The average Bonchev–Trinajstić information content (AvgIpc) is 3.07. The lowest BCUT2D eigenvalue weighted by molar-refractivity contribution is 0.0752. The van der Waals surface area contributed by atoms with E-state index in [9.17, 15) is 0 Å². The molecule has 5 rings (SSSR count). The molecule has 8 atom stereocenters. The lowest BCUT2D eigenvalue weighted by Crippen LogP contribution is -2.36. The Kier molecular flexibility index (Phi) is 6.15. The molecule has 0 aromatic carbocycles. The van der Waals surface area contributed by atoms with Gasteiger partial charge in [-0.15, -0.1) is 0 Å². The van der Waals surface area contributed by atoms with Crippen LogP contribution in [0.15, 0.2) is 0 Å². The summed E-state index contributed by atoms with van der Waals surface area (Å²) < 4.78 is 0. The maximum atomic E-state index is 3.87. The van der Waals surface area contributed by atoms with Crippen LogP contribution < -0.4 is 5.32 Å². The summed E-state index contributed by atoms with van der Waals surface area (Å²) in [6, 6.07) is 0.863. The van der Waals surface area contributed by atoms with Crippen molar-refractivity contribution in [2.75, 3.05) is 6.54 Å². The molecule has 1 nitrogen and oxygen atoms in total. The Hall–Kier alpha value is -0.0400. The maximum Gasteiger partial charge on any atom is 0.00698 e. The van der Waals surface area contributed by atoms with Crippen LogP contribution >= 0.6 is 0 Å². The first-order valence-corrected chi connectivity index (χ1v) is 13.1. The number of hydrogen-bond acceptors (Lipinski definition) is 1. The number of fused-ring (bicyclic) bond motifs is 2. The van der Waals surface area contributed by atoms with Gasteiger partial charge in [-0.05, 0) is 99.3 Å². The number of rotatable bonds is 4. The Morgan fingerprint density at radius 3 is 1.96 bits per heavy atom. The van der Waals surface area contributed by atoms with Crippen LogP contribution in [-0.4, -0.2) is 12.6 Å². The third kappa shape index (κ3) is 4.15. The molecule has 1 heterocycles. The molecule has 4 saturated carbocycles. The van der Waals surface area contributed by atoms with Gasteiger partial charge in [-0.2, -0.15) is 0 Å². The van der Waals surface area contributed by atoms with Crippen LogP contribution in [0.3, 0.4) is 0 Å². The zero-order valence-electron chi connectivity index (χ0n) is 17.8. The van der Waals surface area contributed by atoms with Crippen LogP contribution in [0.2, 0.25) is 0 Å². The van der Waals surface area contributed by atoms with Gasteiger partial charge in [0.05, 0.1) is 0 Å². The highest BCUT2D eigenvalue weighted by atomic mass is 14.9. The van der Waals surface area contributed by atoms with Crippen molar-refractivity contribution < 1.29 is 0 Å². The molecule has 0 aromatic rings. The molecule has 27 heavy (non-hydrogen) atoms. The van der Waals surface area contributed by atoms with Gasteiger partial charge >= 0.3 is 0 Å². The largest absolute Gasteiger partial charge is 0.314 e. The maximum absolute atomic E-state index is 3.87. The summed E-state index contributed by atoms with van der Waals surface area (Å²) in [5.74, 6) is 7.78. The van der Waals surface area contributed by atoms with Crippen molar-refractivity contribution in [3.8, 4) is 0 Å². The topological polar surface area (TPSA) is 12.0 Å².